The smallest absolute Gasteiger partial charge is 0.251 e. The molecule has 1 aliphatic carbocycles. The molecule has 17 heavy (non-hydrogen) atoms. The van der Waals surface area contributed by atoms with Crippen molar-refractivity contribution in [3.63, 3.8) is 0 Å². The van der Waals surface area contributed by atoms with Crippen LogP contribution in [0, 0.1) is 6.92 Å². The van der Waals surface area contributed by atoms with E-state index in [1.807, 2.05) is 6.92 Å². The van der Waals surface area contributed by atoms with Gasteiger partial charge in [0.05, 0.1) is 6.10 Å². The molecule has 1 aromatic rings. The molecule has 1 amide bonds. The van der Waals surface area contributed by atoms with E-state index in [2.05, 4.69) is 15.5 Å². The Morgan fingerprint density at radius 3 is 2.94 bits per heavy atom. The number of hydrogen-bond acceptors (Lipinski definition) is 3. The Labute approximate surface area is 101 Å². The van der Waals surface area contributed by atoms with Crippen molar-refractivity contribution < 1.29 is 9.53 Å². The van der Waals surface area contributed by atoms with Crippen molar-refractivity contribution in [2.45, 2.75) is 45.1 Å². The number of aromatic nitrogens is 2. The molecule has 5 heteroatoms. The van der Waals surface area contributed by atoms with Crippen molar-refractivity contribution in [2.75, 3.05) is 11.9 Å². The van der Waals surface area contributed by atoms with Crippen molar-refractivity contribution >= 4 is 11.7 Å². The molecule has 0 spiro atoms. The van der Waals surface area contributed by atoms with Gasteiger partial charge in [0, 0.05) is 11.8 Å². The highest BCUT2D eigenvalue weighted by atomic mass is 16.5. The number of aromatic amines is 1. The van der Waals surface area contributed by atoms with E-state index in [4.69, 9.17) is 4.74 Å². The molecule has 1 aliphatic rings. The van der Waals surface area contributed by atoms with Crippen molar-refractivity contribution in [1.82, 2.24) is 10.2 Å². The van der Waals surface area contributed by atoms with Crippen LogP contribution >= 0.6 is 0 Å². The van der Waals surface area contributed by atoms with Gasteiger partial charge in [-0.2, -0.15) is 5.10 Å². The zero-order valence-corrected chi connectivity index (χ0v) is 10.2. The Bertz CT molecular complexity index is 370. The van der Waals surface area contributed by atoms with Crippen LogP contribution in [0.2, 0.25) is 0 Å². The van der Waals surface area contributed by atoms with E-state index in [1.54, 1.807) is 6.07 Å². The van der Waals surface area contributed by atoms with Gasteiger partial charge in [-0.3, -0.25) is 9.89 Å². The van der Waals surface area contributed by atoms with Crippen molar-refractivity contribution in [3.05, 3.63) is 11.8 Å². The summed E-state index contributed by atoms with van der Waals surface area (Å²) >= 11 is 0. The summed E-state index contributed by atoms with van der Waals surface area (Å²) < 4.78 is 5.57. The number of hydrogen-bond donors (Lipinski definition) is 2. The van der Waals surface area contributed by atoms with Crippen LogP contribution in [0.25, 0.3) is 0 Å². The molecule has 94 valence electrons. The number of amides is 1. The first-order valence-corrected chi connectivity index (χ1v) is 6.17. The molecule has 0 saturated heterocycles. The van der Waals surface area contributed by atoms with Gasteiger partial charge in [0.2, 0.25) is 0 Å². The van der Waals surface area contributed by atoms with Crippen LogP contribution in [0.3, 0.4) is 0 Å². The van der Waals surface area contributed by atoms with Gasteiger partial charge in [-0.25, -0.2) is 0 Å². The highest BCUT2D eigenvalue weighted by molar-refractivity contribution is 5.90. The van der Waals surface area contributed by atoms with E-state index in [-0.39, 0.29) is 18.6 Å². The van der Waals surface area contributed by atoms with Gasteiger partial charge in [-0.05, 0) is 19.8 Å². The molecule has 5 nitrogen and oxygen atoms in total. The highest BCUT2D eigenvalue weighted by Crippen LogP contribution is 2.20. The molecule has 0 atom stereocenters. The first-order chi connectivity index (χ1) is 8.24. The predicted molar refractivity (Wildman–Crippen MR) is 64.8 cm³/mol. The number of anilines is 1. The van der Waals surface area contributed by atoms with Crippen LogP contribution in [0.5, 0.6) is 0 Å². The zero-order valence-electron chi connectivity index (χ0n) is 10.2. The normalized spacial score (nSPS) is 17.0. The number of carbonyl (C=O) groups is 1. The number of H-pyrrole nitrogens is 1. The molecule has 0 aliphatic heterocycles. The molecule has 1 fully saturated rings. The Kier molecular flexibility index (Phi) is 4.14. The average Bonchev–Trinajstić information content (AvgIpc) is 2.73. The van der Waals surface area contributed by atoms with E-state index < -0.39 is 0 Å². The summed E-state index contributed by atoms with van der Waals surface area (Å²) in [5.41, 5.74) is 0.925. The molecule has 0 bridgehead atoms. The van der Waals surface area contributed by atoms with Gasteiger partial charge in [0.15, 0.2) is 5.82 Å². The molecule has 1 aromatic heterocycles. The van der Waals surface area contributed by atoms with E-state index in [0.29, 0.717) is 5.82 Å². The first-order valence-electron chi connectivity index (χ1n) is 6.17. The molecular formula is C12H19N3O2. The highest BCUT2D eigenvalue weighted by Gasteiger charge is 2.15. The fourth-order valence-electron chi connectivity index (χ4n) is 2.09. The molecule has 0 unspecified atom stereocenters. The Balaban J connectivity index is 1.70. The van der Waals surface area contributed by atoms with Gasteiger partial charge in [-0.15, -0.1) is 0 Å². The number of nitrogens with one attached hydrogen (secondary N) is 2. The monoisotopic (exact) mass is 237 g/mol. The molecule has 1 heterocycles. The van der Waals surface area contributed by atoms with Gasteiger partial charge in [-0.1, -0.05) is 19.3 Å². The molecule has 2 rings (SSSR count). The van der Waals surface area contributed by atoms with Gasteiger partial charge in [0.1, 0.15) is 6.61 Å². The number of carbonyl (C=O) groups excluding carboxylic acids is 1. The lowest BCUT2D eigenvalue weighted by Crippen LogP contribution is -2.24. The standard InChI is InChI=1S/C12H19N3O2/c1-9-7-11(15-14-9)13-12(16)8-17-10-5-3-2-4-6-10/h7,10H,2-6,8H2,1H3,(H2,13,14,15,16). The number of ether oxygens (including phenoxy) is 1. The lowest BCUT2D eigenvalue weighted by molar-refractivity contribution is -0.123. The summed E-state index contributed by atoms with van der Waals surface area (Å²) in [6.45, 7) is 2.01. The minimum Gasteiger partial charge on any atom is -0.368 e. The third-order valence-electron chi connectivity index (χ3n) is 2.98. The van der Waals surface area contributed by atoms with Crippen molar-refractivity contribution in [1.29, 1.82) is 0 Å². The summed E-state index contributed by atoms with van der Waals surface area (Å²) in [6.07, 6.45) is 6.13. The quantitative estimate of drug-likeness (QED) is 0.841. The predicted octanol–water partition coefficient (Wildman–Crippen LogP) is 2.01. The Hall–Kier alpha value is -1.36. The summed E-state index contributed by atoms with van der Waals surface area (Å²) in [5, 5.41) is 9.41. The maximum Gasteiger partial charge on any atom is 0.251 e. The summed E-state index contributed by atoms with van der Waals surface area (Å²) in [6, 6.07) is 1.79. The maximum atomic E-state index is 11.6. The van der Waals surface area contributed by atoms with Crippen LogP contribution in [-0.2, 0) is 9.53 Å². The van der Waals surface area contributed by atoms with E-state index in [9.17, 15) is 4.79 Å². The van der Waals surface area contributed by atoms with E-state index in [0.717, 1.165) is 18.5 Å². The molecule has 0 radical (unpaired) electrons. The van der Waals surface area contributed by atoms with Crippen LogP contribution in [-0.4, -0.2) is 28.8 Å². The molecular weight excluding hydrogens is 218 g/mol. The van der Waals surface area contributed by atoms with Gasteiger partial charge >= 0.3 is 0 Å². The average molecular weight is 237 g/mol. The molecule has 1 saturated carbocycles. The van der Waals surface area contributed by atoms with Crippen LogP contribution < -0.4 is 5.32 Å². The third kappa shape index (κ3) is 3.85. The molecule has 2 N–H and O–H groups in total. The largest absolute Gasteiger partial charge is 0.368 e. The Morgan fingerprint density at radius 1 is 1.53 bits per heavy atom. The minimum atomic E-state index is -0.137. The van der Waals surface area contributed by atoms with Gasteiger partial charge in [0.25, 0.3) is 5.91 Å². The van der Waals surface area contributed by atoms with Gasteiger partial charge < -0.3 is 10.1 Å². The second-order valence-electron chi connectivity index (χ2n) is 4.56. The number of aryl methyl sites for hydroxylation is 1. The fourth-order valence-corrected chi connectivity index (χ4v) is 2.09. The second-order valence-corrected chi connectivity index (χ2v) is 4.56. The summed E-state index contributed by atoms with van der Waals surface area (Å²) in [5.74, 6) is 0.418. The lowest BCUT2D eigenvalue weighted by Gasteiger charge is -2.21. The van der Waals surface area contributed by atoms with E-state index in [1.165, 1.54) is 19.3 Å². The number of rotatable bonds is 4. The molecule has 0 aromatic carbocycles. The zero-order chi connectivity index (χ0) is 12.1. The Morgan fingerprint density at radius 2 is 2.29 bits per heavy atom. The fraction of sp³-hybridized carbons (Fsp3) is 0.667. The van der Waals surface area contributed by atoms with Crippen LogP contribution in [0.15, 0.2) is 6.07 Å². The maximum absolute atomic E-state index is 11.6. The van der Waals surface area contributed by atoms with Crippen LogP contribution in [0.4, 0.5) is 5.82 Å². The summed E-state index contributed by atoms with van der Waals surface area (Å²) in [7, 11) is 0. The first kappa shape index (κ1) is 12.1. The summed E-state index contributed by atoms with van der Waals surface area (Å²) in [4.78, 5) is 11.6. The van der Waals surface area contributed by atoms with Crippen LogP contribution in [0.1, 0.15) is 37.8 Å². The third-order valence-corrected chi connectivity index (χ3v) is 2.98. The van der Waals surface area contributed by atoms with Crippen molar-refractivity contribution in [3.8, 4) is 0 Å². The number of nitrogens with zero attached hydrogens (tertiary/aromatic N) is 1. The lowest BCUT2D eigenvalue weighted by atomic mass is 9.98. The second kappa shape index (κ2) is 5.82. The van der Waals surface area contributed by atoms with E-state index >= 15 is 0 Å². The minimum absolute atomic E-state index is 0.122. The topological polar surface area (TPSA) is 67.0 Å². The van der Waals surface area contributed by atoms with Crippen molar-refractivity contribution in [2.24, 2.45) is 0 Å². The SMILES string of the molecule is Cc1cc(NC(=O)COC2CCCCC2)n[nH]1.